The smallest absolute Gasteiger partial charge is 0.313 e. The molecule has 0 radical (unpaired) electrons. The summed E-state index contributed by atoms with van der Waals surface area (Å²) in [7, 11) is 3.92. The van der Waals surface area contributed by atoms with Crippen LogP contribution in [0.1, 0.15) is 33.3 Å². The summed E-state index contributed by atoms with van der Waals surface area (Å²) in [4.78, 5) is 1.99. The van der Waals surface area contributed by atoms with Gasteiger partial charge in [0.1, 0.15) is 5.54 Å². The van der Waals surface area contributed by atoms with E-state index in [1.807, 2.05) is 71.0 Å². The third-order valence-corrected chi connectivity index (χ3v) is 4.57. The van der Waals surface area contributed by atoms with Crippen molar-refractivity contribution in [3.63, 3.8) is 0 Å². The number of anilines is 1. The molecule has 1 aromatic rings. The minimum Gasteiger partial charge on any atom is -0.714 e. The van der Waals surface area contributed by atoms with E-state index in [0.29, 0.717) is 11.4 Å². The maximum absolute atomic E-state index is 12.5. The Balaban J connectivity index is 2.49. The van der Waals surface area contributed by atoms with Crippen molar-refractivity contribution in [2.75, 3.05) is 19.0 Å². The summed E-state index contributed by atoms with van der Waals surface area (Å²) >= 11 is 0. The zero-order valence-corrected chi connectivity index (χ0v) is 13.0. The van der Waals surface area contributed by atoms with Crippen molar-refractivity contribution in [1.82, 2.24) is 5.06 Å². The second kappa shape index (κ2) is 4.38. The fourth-order valence-electron chi connectivity index (χ4n) is 2.27. The van der Waals surface area contributed by atoms with E-state index in [-0.39, 0.29) is 0 Å². The van der Waals surface area contributed by atoms with Gasteiger partial charge in [0.2, 0.25) is 0 Å². The number of benzene rings is 1. The number of nitrogens with zero attached hydrogens (tertiary/aromatic N) is 3. The molecule has 5 nitrogen and oxygen atoms in total. The molecule has 0 amide bonds. The lowest BCUT2D eigenvalue weighted by atomic mass is 9.84. The molecule has 0 saturated heterocycles. The van der Waals surface area contributed by atoms with E-state index in [2.05, 4.69) is 0 Å². The Labute approximate surface area is 120 Å². The summed E-state index contributed by atoms with van der Waals surface area (Å²) in [5.74, 6) is 0.297. The molecule has 2 rings (SSSR count). The summed E-state index contributed by atoms with van der Waals surface area (Å²) in [6.07, 6.45) is 0. The molecular formula is C15H23N3O2. The molecular weight excluding hydrogens is 254 g/mol. The molecule has 0 atom stereocenters. The van der Waals surface area contributed by atoms with Gasteiger partial charge in [-0.2, -0.15) is 0 Å². The van der Waals surface area contributed by atoms with Crippen molar-refractivity contribution in [3.05, 3.63) is 35.0 Å². The normalized spacial score (nSPS) is 20.4. The van der Waals surface area contributed by atoms with Crippen molar-refractivity contribution in [2.24, 2.45) is 0 Å². The van der Waals surface area contributed by atoms with Crippen molar-refractivity contribution in [1.29, 1.82) is 0 Å². The molecule has 0 aromatic heterocycles. The van der Waals surface area contributed by atoms with Gasteiger partial charge in [0.15, 0.2) is 5.54 Å². The zero-order chi connectivity index (χ0) is 15.3. The first-order valence-corrected chi connectivity index (χ1v) is 6.72. The lowest BCUT2D eigenvalue weighted by Crippen LogP contribution is -2.53. The minimum atomic E-state index is -0.711. The van der Waals surface area contributed by atoms with Crippen LogP contribution in [-0.2, 0) is 0 Å². The van der Waals surface area contributed by atoms with Crippen molar-refractivity contribution < 1.29 is 9.95 Å². The molecule has 1 aromatic carbocycles. The van der Waals surface area contributed by atoms with Crippen LogP contribution in [0.25, 0.3) is 0 Å². The molecule has 0 fully saturated rings. The highest BCUT2D eigenvalue weighted by Crippen LogP contribution is 2.37. The summed E-state index contributed by atoms with van der Waals surface area (Å²) in [6, 6.07) is 7.58. The molecule has 0 unspecified atom stereocenters. The molecule has 1 N–H and O–H groups in total. The average molecular weight is 277 g/mol. The predicted molar refractivity (Wildman–Crippen MR) is 80.3 cm³/mol. The van der Waals surface area contributed by atoms with Gasteiger partial charge in [0, 0.05) is 19.8 Å². The van der Waals surface area contributed by atoms with Gasteiger partial charge < -0.3 is 10.1 Å². The monoisotopic (exact) mass is 277 g/mol. The fourth-order valence-corrected chi connectivity index (χ4v) is 2.27. The number of hydrogen-bond acceptors (Lipinski definition) is 4. The summed E-state index contributed by atoms with van der Waals surface area (Å²) in [5, 5.41) is 24.0. The van der Waals surface area contributed by atoms with Crippen LogP contribution in [0, 0.1) is 5.21 Å². The highest BCUT2D eigenvalue weighted by molar-refractivity contribution is 5.96. The third-order valence-electron chi connectivity index (χ3n) is 4.57. The first-order chi connectivity index (χ1) is 9.10. The summed E-state index contributed by atoms with van der Waals surface area (Å²) in [5.41, 5.74) is 0.390. The van der Waals surface area contributed by atoms with Gasteiger partial charge in [0.25, 0.3) is 0 Å². The van der Waals surface area contributed by atoms with Crippen LogP contribution in [0.15, 0.2) is 24.3 Å². The second-order valence-electron chi connectivity index (χ2n) is 6.49. The van der Waals surface area contributed by atoms with E-state index < -0.39 is 11.1 Å². The minimum absolute atomic E-state index is 0.297. The van der Waals surface area contributed by atoms with E-state index in [0.717, 1.165) is 15.5 Å². The van der Waals surface area contributed by atoms with E-state index in [4.69, 9.17) is 0 Å². The lowest BCUT2D eigenvalue weighted by Gasteiger charge is -2.33. The Kier molecular flexibility index (Phi) is 3.21. The Bertz CT molecular complexity index is 545. The van der Waals surface area contributed by atoms with Crippen molar-refractivity contribution >= 4 is 11.5 Å². The number of rotatable bonds is 2. The highest BCUT2D eigenvalue weighted by Gasteiger charge is 2.58. The maximum atomic E-state index is 12.5. The average Bonchev–Trinajstić information content (AvgIpc) is 2.49. The Morgan fingerprint density at radius 3 is 1.95 bits per heavy atom. The van der Waals surface area contributed by atoms with E-state index in [1.54, 1.807) is 0 Å². The van der Waals surface area contributed by atoms with Crippen molar-refractivity contribution in [2.45, 2.75) is 38.8 Å². The third kappa shape index (κ3) is 1.85. The molecule has 5 heteroatoms. The van der Waals surface area contributed by atoms with Gasteiger partial charge in [-0.15, -0.1) is 5.06 Å². The van der Waals surface area contributed by atoms with Crippen LogP contribution >= 0.6 is 0 Å². The van der Waals surface area contributed by atoms with Crippen LogP contribution in [0.2, 0.25) is 0 Å². The van der Waals surface area contributed by atoms with Crippen LogP contribution in [0.5, 0.6) is 0 Å². The van der Waals surface area contributed by atoms with Crippen molar-refractivity contribution in [3.8, 4) is 0 Å². The predicted octanol–water partition coefficient (Wildman–Crippen LogP) is 2.27. The van der Waals surface area contributed by atoms with Gasteiger partial charge in [-0.1, -0.05) is 0 Å². The molecule has 1 heterocycles. The van der Waals surface area contributed by atoms with Crippen LogP contribution in [0.3, 0.4) is 0 Å². The Morgan fingerprint density at radius 1 is 1.10 bits per heavy atom. The summed E-state index contributed by atoms with van der Waals surface area (Å²) in [6.45, 7) is 7.40. The highest BCUT2D eigenvalue weighted by atomic mass is 16.5. The fraction of sp³-hybridized carbons (Fsp3) is 0.533. The number of hydroxylamine groups is 3. The van der Waals surface area contributed by atoms with Crippen LogP contribution in [-0.4, -0.2) is 46.0 Å². The zero-order valence-electron chi connectivity index (χ0n) is 13.0. The van der Waals surface area contributed by atoms with E-state index in [9.17, 15) is 10.4 Å². The second-order valence-corrected chi connectivity index (χ2v) is 6.49. The lowest BCUT2D eigenvalue weighted by molar-refractivity contribution is -0.539. The summed E-state index contributed by atoms with van der Waals surface area (Å²) < 4.78 is 0.900. The largest absolute Gasteiger partial charge is 0.714 e. The Morgan fingerprint density at radius 2 is 1.60 bits per heavy atom. The van der Waals surface area contributed by atoms with Gasteiger partial charge in [-0.25, -0.2) is 5.21 Å². The van der Waals surface area contributed by atoms with Crippen LogP contribution in [0.4, 0.5) is 5.69 Å². The molecule has 110 valence electrons. The van der Waals surface area contributed by atoms with E-state index in [1.165, 1.54) is 0 Å². The Hall–Kier alpha value is -1.75. The number of amidine groups is 1. The van der Waals surface area contributed by atoms with Gasteiger partial charge in [-0.05, 0) is 52.0 Å². The van der Waals surface area contributed by atoms with Gasteiger partial charge >= 0.3 is 5.84 Å². The SMILES string of the molecule is CN(C)c1ccc(C2=[N+]([O-])C(C)(C)C(C)(C)N2O)cc1. The van der Waals surface area contributed by atoms with Gasteiger partial charge in [-0.3, -0.25) is 4.74 Å². The molecule has 20 heavy (non-hydrogen) atoms. The molecule has 1 aliphatic heterocycles. The maximum Gasteiger partial charge on any atom is 0.313 e. The van der Waals surface area contributed by atoms with E-state index >= 15 is 0 Å². The molecule has 0 aliphatic carbocycles. The first kappa shape index (κ1) is 14.7. The first-order valence-electron chi connectivity index (χ1n) is 6.72. The van der Waals surface area contributed by atoms with Crippen LogP contribution < -0.4 is 4.90 Å². The number of hydrogen-bond donors (Lipinski definition) is 1. The molecule has 0 bridgehead atoms. The quantitative estimate of drug-likeness (QED) is 0.665. The topological polar surface area (TPSA) is 52.8 Å². The standard InChI is InChI=1S/C15H23N3O2/c1-14(2)15(3,4)18(20)13(17(14)19)11-7-9-12(10-8-11)16(5)6/h7-10,19H,1-6H3. The van der Waals surface area contributed by atoms with Gasteiger partial charge in [0.05, 0.1) is 5.56 Å². The molecule has 1 aliphatic rings. The molecule has 0 saturated carbocycles. The molecule has 0 spiro atoms.